The highest BCUT2D eigenvalue weighted by Crippen LogP contribution is 2.37. The first-order valence-electron chi connectivity index (χ1n) is 9.07. The number of hydrogen-bond acceptors (Lipinski definition) is 2. The monoisotopic (exact) mass is 450 g/mol. The predicted octanol–water partition coefficient (Wildman–Crippen LogP) is 4.58. The van der Waals surface area contributed by atoms with Crippen LogP contribution < -0.4 is 5.32 Å². The van der Waals surface area contributed by atoms with Crippen molar-refractivity contribution in [3.05, 3.63) is 69.2 Å². The van der Waals surface area contributed by atoms with Crippen molar-refractivity contribution >= 4 is 27.7 Å². The van der Waals surface area contributed by atoms with Crippen molar-refractivity contribution in [2.24, 2.45) is 0 Å². The Morgan fingerprint density at radius 2 is 2.00 bits per heavy atom. The molecule has 1 fully saturated rings. The van der Waals surface area contributed by atoms with Gasteiger partial charge in [-0.3, -0.25) is 9.59 Å². The van der Waals surface area contributed by atoms with Crippen LogP contribution in [0.25, 0.3) is 0 Å². The molecule has 4 nitrogen and oxygen atoms in total. The maximum absolute atomic E-state index is 14.7. The van der Waals surface area contributed by atoms with E-state index in [9.17, 15) is 18.4 Å². The van der Waals surface area contributed by atoms with Crippen LogP contribution in [0.4, 0.5) is 8.78 Å². The fraction of sp³-hybridized carbons (Fsp3) is 0.333. The summed E-state index contributed by atoms with van der Waals surface area (Å²) in [6.07, 6.45) is 1.10. The zero-order chi connectivity index (χ0) is 20.4. The van der Waals surface area contributed by atoms with Gasteiger partial charge in [0.1, 0.15) is 17.7 Å². The molecule has 0 bridgehead atoms. The number of hydrogen-bond donors (Lipinski definition) is 1. The molecule has 3 rings (SSSR count). The van der Waals surface area contributed by atoms with E-state index in [0.717, 1.165) is 4.47 Å². The molecule has 1 saturated heterocycles. The molecule has 1 aliphatic heterocycles. The zero-order valence-corrected chi connectivity index (χ0v) is 17.2. The van der Waals surface area contributed by atoms with Gasteiger partial charge in [-0.05, 0) is 49.1 Å². The zero-order valence-electron chi connectivity index (χ0n) is 15.6. The summed E-state index contributed by atoms with van der Waals surface area (Å²) in [7, 11) is 0. The number of benzene rings is 2. The Labute approximate surface area is 171 Å². The largest absolute Gasteiger partial charge is 0.341 e. The molecule has 0 aromatic heterocycles. The fourth-order valence-electron chi connectivity index (χ4n) is 3.66. The number of carbonyl (C=O) groups excluding carboxylic acids is 2. The van der Waals surface area contributed by atoms with E-state index >= 15 is 0 Å². The van der Waals surface area contributed by atoms with Crippen LogP contribution in [-0.4, -0.2) is 23.3 Å². The lowest BCUT2D eigenvalue weighted by atomic mass is 9.99. The van der Waals surface area contributed by atoms with E-state index in [1.165, 1.54) is 24.0 Å². The summed E-state index contributed by atoms with van der Waals surface area (Å²) >= 11 is 3.37. The van der Waals surface area contributed by atoms with Gasteiger partial charge < -0.3 is 10.2 Å². The Morgan fingerprint density at radius 3 is 2.68 bits per heavy atom. The van der Waals surface area contributed by atoms with E-state index in [0.29, 0.717) is 30.5 Å². The molecule has 1 aliphatic rings. The SMILES string of the molecule is CC(=O)NC(C(=O)N1CCCC1c1c(F)ccc(C)c1F)c1cccc(Br)c1. The summed E-state index contributed by atoms with van der Waals surface area (Å²) in [6, 6.07) is 8.06. The van der Waals surface area contributed by atoms with Gasteiger partial charge in [-0.25, -0.2) is 8.78 Å². The molecular formula is C21H21BrF2N2O2. The molecule has 148 valence electrons. The summed E-state index contributed by atoms with van der Waals surface area (Å²) in [5, 5.41) is 2.67. The highest BCUT2D eigenvalue weighted by Gasteiger charge is 2.37. The van der Waals surface area contributed by atoms with E-state index in [1.807, 2.05) is 6.07 Å². The minimum absolute atomic E-state index is 0.0818. The molecule has 0 radical (unpaired) electrons. The topological polar surface area (TPSA) is 49.4 Å². The van der Waals surface area contributed by atoms with E-state index < -0.39 is 23.7 Å². The number of aryl methyl sites for hydroxylation is 1. The van der Waals surface area contributed by atoms with Crippen LogP contribution in [0.15, 0.2) is 40.9 Å². The molecule has 2 amide bonds. The number of nitrogens with zero attached hydrogens (tertiary/aromatic N) is 1. The Kier molecular flexibility index (Phi) is 6.13. The Morgan fingerprint density at radius 1 is 1.25 bits per heavy atom. The second kappa shape index (κ2) is 8.39. The van der Waals surface area contributed by atoms with Gasteiger partial charge in [-0.15, -0.1) is 0 Å². The third-order valence-corrected chi connectivity index (χ3v) is 5.46. The second-order valence-corrected chi connectivity index (χ2v) is 7.89. The van der Waals surface area contributed by atoms with Gasteiger partial charge in [0.2, 0.25) is 11.8 Å². The molecule has 2 unspecified atom stereocenters. The van der Waals surface area contributed by atoms with E-state index in [1.54, 1.807) is 25.1 Å². The quantitative estimate of drug-likeness (QED) is 0.740. The van der Waals surface area contributed by atoms with Gasteiger partial charge in [-0.2, -0.15) is 0 Å². The standard InChI is InChI=1S/C21H21BrF2N2O2/c1-12-8-9-16(23)18(19(12)24)17-7-4-10-26(17)21(28)20(25-13(2)27)14-5-3-6-15(22)11-14/h3,5-6,8-9,11,17,20H,4,7,10H2,1-2H3,(H,25,27). The molecule has 0 spiro atoms. The third-order valence-electron chi connectivity index (χ3n) is 4.97. The summed E-state index contributed by atoms with van der Waals surface area (Å²) in [5.74, 6) is -2.02. The predicted molar refractivity (Wildman–Crippen MR) is 105 cm³/mol. The van der Waals surface area contributed by atoms with Crippen molar-refractivity contribution < 1.29 is 18.4 Å². The normalized spacial score (nSPS) is 17.5. The van der Waals surface area contributed by atoms with Crippen LogP contribution in [0.2, 0.25) is 0 Å². The van der Waals surface area contributed by atoms with Gasteiger partial charge in [0, 0.05) is 23.5 Å². The van der Waals surface area contributed by atoms with Crippen LogP contribution in [-0.2, 0) is 9.59 Å². The summed E-state index contributed by atoms with van der Waals surface area (Å²) in [5.41, 5.74) is 0.855. The smallest absolute Gasteiger partial charge is 0.250 e. The number of likely N-dealkylation sites (tertiary alicyclic amines) is 1. The summed E-state index contributed by atoms with van der Waals surface area (Å²) in [6.45, 7) is 3.28. The average molecular weight is 451 g/mol. The van der Waals surface area contributed by atoms with Gasteiger partial charge in [-0.1, -0.05) is 34.1 Å². The van der Waals surface area contributed by atoms with Crippen molar-refractivity contribution in [1.82, 2.24) is 10.2 Å². The fourth-order valence-corrected chi connectivity index (χ4v) is 4.07. The molecule has 0 aliphatic carbocycles. The molecule has 1 N–H and O–H groups in total. The van der Waals surface area contributed by atoms with Gasteiger partial charge >= 0.3 is 0 Å². The molecule has 2 aromatic rings. The van der Waals surface area contributed by atoms with Gasteiger partial charge in [0.15, 0.2) is 0 Å². The maximum Gasteiger partial charge on any atom is 0.250 e. The van der Waals surface area contributed by atoms with Crippen LogP contribution >= 0.6 is 15.9 Å². The van der Waals surface area contributed by atoms with Gasteiger partial charge in [0.05, 0.1) is 6.04 Å². The summed E-state index contributed by atoms with van der Waals surface area (Å²) in [4.78, 5) is 26.5. The molecule has 0 saturated carbocycles. The Balaban J connectivity index is 1.98. The number of halogens is 3. The molecule has 28 heavy (non-hydrogen) atoms. The second-order valence-electron chi connectivity index (χ2n) is 6.97. The van der Waals surface area contributed by atoms with Crippen molar-refractivity contribution in [3.8, 4) is 0 Å². The lowest BCUT2D eigenvalue weighted by molar-refractivity contribution is -0.137. The Bertz CT molecular complexity index is 919. The molecule has 2 atom stereocenters. The number of rotatable bonds is 4. The van der Waals surface area contributed by atoms with E-state index in [4.69, 9.17) is 0 Å². The average Bonchev–Trinajstić information content (AvgIpc) is 3.12. The van der Waals surface area contributed by atoms with Crippen LogP contribution in [0.3, 0.4) is 0 Å². The third kappa shape index (κ3) is 4.09. The van der Waals surface area contributed by atoms with Crippen molar-refractivity contribution in [1.29, 1.82) is 0 Å². The summed E-state index contributed by atoms with van der Waals surface area (Å²) < 4.78 is 29.9. The van der Waals surface area contributed by atoms with Crippen molar-refractivity contribution in [3.63, 3.8) is 0 Å². The van der Waals surface area contributed by atoms with Crippen LogP contribution in [0.5, 0.6) is 0 Å². The first kappa shape index (κ1) is 20.5. The molecule has 2 aromatic carbocycles. The van der Waals surface area contributed by atoms with Gasteiger partial charge in [0.25, 0.3) is 0 Å². The number of amides is 2. The Hall–Kier alpha value is -2.28. The highest BCUT2D eigenvalue weighted by molar-refractivity contribution is 9.10. The number of carbonyl (C=O) groups is 2. The minimum atomic E-state index is -0.925. The van der Waals surface area contributed by atoms with Crippen LogP contribution in [0.1, 0.15) is 48.5 Å². The lowest BCUT2D eigenvalue weighted by Gasteiger charge is -2.30. The first-order valence-corrected chi connectivity index (χ1v) is 9.86. The lowest BCUT2D eigenvalue weighted by Crippen LogP contribution is -2.42. The van der Waals surface area contributed by atoms with E-state index in [2.05, 4.69) is 21.2 Å². The van der Waals surface area contributed by atoms with Crippen LogP contribution in [0, 0.1) is 18.6 Å². The molecule has 1 heterocycles. The molecule has 7 heteroatoms. The van der Waals surface area contributed by atoms with Crippen molar-refractivity contribution in [2.45, 2.75) is 38.8 Å². The minimum Gasteiger partial charge on any atom is -0.341 e. The van der Waals surface area contributed by atoms with E-state index in [-0.39, 0.29) is 17.4 Å². The highest BCUT2D eigenvalue weighted by atomic mass is 79.9. The first-order chi connectivity index (χ1) is 13.3. The molecular weight excluding hydrogens is 430 g/mol. The van der Waals surface area contributed by atoms with Crippen molar-refractivity contribution in [2.75, 3.05) is 6.54 Å². The number of nitrogens with one attached hydrogen (secondary N) is 1. The maximum atomic E-state index is 14.7.